The Kier molecular flexibility index (Phi) is 9.90. The van der Waals surface area contributed by atoms with Gasteiger partial charge < -0.3 is 28.7 Å². The number of methoxy groups -OCH3 is 1. The van der Waals surface area contributed by atoms with Gasteiger partial charge in [-0.1, -0.05) is 0 Å². The number of rotatable bonds is 9. The van der Waals surface area contributed by atoms with Gasteiger partial charge in [0.2, 0.25) is 11.8 Å². The normalized spacial score (nSPS) is 18.8. The number of carbonyl (C=O) groups excluding carboxylic acids is 1. The highest BCUT2D eigenvalue weighted by atomic mass is 19.1. The first-order valence-corrected chi connectivity index (χ1v) is 13.6. The van der Waals surface area contributed by atoms with E-state index in [1.54, 1.807) is 18.9 Å². The maximum Gasteiger partial charge on any atom is 0.410 e. The number of amides is 1. The molecule has 1 amide bonds. The van der Waals surface area contributed by atoms with Crippen LogP contribution >= 0.6 is 0 Å². The van der Waals surface area contributed by atoms with Gasteiger partial charge in [0.05, 0.1) is 17.8 Å². The molecular weight excluding hydrogens is 510 g/mol. The van der Waals surface area contributed by atoms with Crippen molar-refractivity contribution in [2.45, 2.75) is 71.2 Å². The van der Waals surface area contributed by atoms with Crippen LogP contribution in [0.15, 0.2) is 18.5 Å². The molecule has 0 radical (unpaired) electrons. The Morgan fingerprint density at radius 1 is 1.05 bits per heavy atom. The highest BCUT2D eigenvalue weighted by Crippen LogP contribution is 2.32. The highest BCUT2D eigenvalue weighted by molar-refractivity contribution is 5.67. The number of hydrogen-bond acceptors (Lipinski definition) is 8. The predicted molar refractivity (Wildman–Crippen MR) is 140 cm³/mol. The van der Waals surface area contributed by atoms with Gasteiger partial charge in [0, 0.05) is 52.2 Å². The van der Waals surface area contributed by atoms with Crippen LogP contribution in [0.1, 0.15) is 50.7 Å². The van der Waals surface area contributed by atoms with Crippen molar-refractivity contribution < 1.29 is 32.5 Å². The summed E-state index contributed by atoms with van der Waals surface area (Å²) in [5.41, 5.74) is 0.771. The summed E-state index contributed by atoms with van der Waals surface area (Å²) in [7, 11) is 1.70. The fraction of sp³-hybridized carbons (Fsp3) is 0.607. The lowest BCUT2D eigenvalue weighted by Gasteiger charge is -2.32. The van der Waals surface area contributed by atoms with Crippen LogP contribution in [0.5, 0.6) is 17.5 Å². The van der Waals surface area contributed by atoms with E-state index < -0.39 is 11.6 Å². The van der Waals surface area contributed by atoms with Gasteiger partial charge in [-0.3, -0.25) is 0 Å². The average molecular weight is 549 g/mol. The lowest BCUT2D eigenvalue weighted by molar-refractivity contribution is 0.0318. The number of carbonyl (C=O) groups is 1. The maximum atomic E-state index is 14.9. The smallest absolute Gasteiger partial charge is 0.410 e. The molecule has 2 aromatic rings. The number of benzene rings is 1. The third-order valence-corrected chi connectivity index (χ3v) is 7.11. The third-order valence-electron chi connectivity index (χ3n) is 7.11. The van der Waals surface area contributed by atoms with Crippen LogP contribution in [-0.4, -0.2) is 84.0 Å². The maximum absolute atomic E-state index is 14.9. The van der Waals surface area contributed by atoms with Crippen LogP contribution in [-0.2, 0) is 15.9 Å². The molecule has 0 spiro atoms. The quantitative estimate of drug-likeness (QED) is 0.438. The van der Waals surface area contributed by atoms with E-state index >= 15 is 0 Å². The Morgan fingerprint density at radius 3 is 2.51 bits per heavy atom. The standard InChI is InChI=1S/C28H38F2N4O5/c1-18(2)37-28(35)34-12-8-21(9-13-34)38-26-19(3)27(32-17-31-26)39-25-15-23(29)20(14-24(25)30)7-11-33-10-5-6-22(16-33)36-4/h14-15,17-18,21-22H,5-13,16H2,1-4H3/t22-/m1/s1. The molecule has 9 nitrogen and oxygen atoms in total. The summed E-state index contributed by atoms with van der Waals surface area (Å²) in [5, 5.41) is 0. The number of piperidine rings is 2. The summed E-state index contributed by atoms with van der Waals surface area (Å²) in [6.07, 6.45) is 4.43. The Morgan fingerprint density at radius 2 is 1.79 bits per heavy atom. The van der Waals surface area contributed by atoms with E-state index in [4.69, 9.17) is 18.9 Å². The van der Waals surface area contributed by atoms with Crippen LogP contribution in [0.25, 0.3) is 0 Å². The van der Waals surface area contributed by atoms with E-state index in [0.29, 0.717) is 55.9 Å². The van der Waals surface area contributed by atoms with Gasteiger partial charge in [0.15, 0.2) is 11.6 Å². The van der Waals surface area contributed by atoms with E-state index in [0.717, 1.165) is 32.0 Å². The Balaban J connectivity index is 1.35. The molecule has 1 atom stereocenters. The Labute approximate surface area is 228 Å². The molecule has 0 saturated carbocycles. The molecule has 0 N–H and O–H groups in total. The molecule has 214 valence electrons. The lowest BCUT2D eigenvalue weighted by Crippen LogP contribution is -2.42. The van der Waals surface area contributed by atoms with Gasteiger partial charge in [-0.05, 0) is 58.2 Å². The van der Waals surface area contributed by atoms with E-state index in [1.807, 2.05) is 13.8 Å². The minimum absolute atomic E-state index is 0.0860. The molecule has 2 fully saturated rings. The van der Waals surface area contributed by atoms with Crippen LogP contribution in [0.3, 0.4) is 0 Å². The number of aromatic nitrogens is 2. The molecule has 0 bridgehead atoms. The molecule has 0 unspecified atom stereocenters. The molecule has 0 aliphatic carbocycles. The summed E-state index contributed by atoms with van der Waals surface area (Å²) in [6.45, 7) is 8.68. The van der Waals surface area contributed by atoms with E-state index in [-0.39, 0.29) is 36.0 Å². The zero-order valence-electron chi connectivity index (χ0n) is 23.1. The monoisotopic (exact) mass is 548 g/mol. The summed E-state index contributed by atoms with van der Waals surface area (Å²) in [4.78, 5) is 24.3. The molecule has 4 rings (SSSR count). The second-order valence-electron chi connectivity index (χ2n) is 10.4. The second-order valence-corrected chi connectivity index (χ2v) is 10.4. The molecule has 2 saturated heterocycles. The molecule has 2 aliphatic heterocycles. The first-order valence-electron chi connectivity index (χ1n) is 13.6. The van der Waals surface area contributed by atoms with Crippen molar-refractivity contribution in [1.82, 2.24) is 19.8 Å². The zero-order valence-corrected chi connectivity index (χ0v) is 23.1. The van der Waals surface area contributed by atoms with Crippen molar-refractivity contribution in [2.75, 3.05) is 39.8 Å². The summed E-state index contributed by atoms with van der Waals surface area (Å²) >= 11 is 0. The van der Waals surface area contributed by atoms with Crippen molar-refractivity contribution in [2.24, 2.45) is 0 Å². The number of nitrogens with zero attached hydrogens (tertiary/aromatic N) is 4. The minimum Gasteiger partial charge on any atom is -0.474 e. The van der Waals surface area contributed by atoms with Crippen LogP contribution < -0.4 is 9.47 Å². The molecule has 3 heterocycles. The van der Waals surface area contributed by atoms with Gasteiger partial charge in [-0.15, -0.1) is 0 Å². The van der Waals surface area contributed by atoms with Gasteiger partial charge in [-0.25, -0.2) is 23.5 Å². The largest absolute Gasteiger partial charge is 0.474 e. The van der Waals surface area contributed by atoms with Crippen LogP contribution in [0.2, 0.25) is 0 Å². The summed E-state index contributed by atoms with van der Waals surface area (Å²) in [5.74, 6) is -1.06. The van der Waals surface area contributed by atoms with Crippen LogP contribution in [0, 0.1) is 18.6 Å². The second kappa shape index (κ2) is 13.3. The highest BCUT2D eigenvalue weighted by Gasteiger charge is 2.27. The molecule has 1 aromatic heterocycles. The molecule has 39 heavy (non-hydrogen) atoms. The minimum atomic E-state index is -0.666. The van der Waals surface area contributed by atoms with Crippen LogP contribution in [0.4, 0.5) is 13.6 Å². The number of halogens is 2. The third kappa shape index (κ3) is 7.76. The average Bonchev–Trinajstić information content (AvgIpc) is 2.92. The topological polar surface area (TPSA) is 86.3 Å². The fourth-order valence-corrected chi connectivity index (χ4v) is 4.86. The molecule has 1 aromatic carbocycles. The Bertz CT molecular complexity index is 1130. The fourth-order valence-electron chi connectivity index (χ4n) is 4.86. The molecular formula is C28H38F2N4O5. The van der Waals surface area contributed by atoms with Crippen molar-refractivity contribution in [3.8, 4) is 17.5 Å². The van der Waals surface area contributed by atoms with Gasteiger partial charge in [-0.2, -0.15) is 0 Å². The van der Waals surface area contributed by atoms with Crippen molar-refractivity contribution in [3.05, 3.63) is 41.2 Å². The summed E-state index contributed by atoms with van der Waals surface area (Å²) < 4.78 is 52.3. The predicted octanol–water partition coefficient (Wildman–Crippen LogP) is 4.90. The van der Waals surface area contributed by atoms with Gasteiger partial charge in [0.25, 0.3) is 0 Å². The van der Waals surface area contributed by atoms with Crippen molar-refractivity contribution in [3.63, 3.8) is 0 Å². The summed E-state index contributed by atoms with van der Waals surface area (Å²) in [6, 6.07) is 2.25. The number of hydrogen-bond donors (Lipinski definition) is 0. The van der Waals surface area contributed by atoms with Gasteiger partial charge in [0.1, 0.15) is 18.2 Å². The number of likely N-dealkylation sites (tertiary alicyclic amines) is 2. The van der Waals surface area contributed by atoms with E-state index in [1.165, 1.54) is 12.4 Å². The lowest BCUT2D eigenvalue weighted by atomic mass is 10.1. The zero-order chi connectivity index (χ0) is 27.9. The number of ether oxygens (including phenoxy) is 4. The Hall–Kier alpha value is -3.05. The SMILES string of the molecule is CO[C@@H]1CCCN(CCc2cc(F)c(Oc3ncnc(OC4CCN(C(=O)OC(C)C)CC4)c3C)cc2F)C1. The van der Waals surface area contributed by atoms with E-state index in [2.05, 4.69) is 14.9 Å². The van der Waals surface area contributed by atoms with E-state index in [9.17, 15) is 13.6 Å². The first-order chi connectivity index (χ1) is 18.7. The van der Waals surface area contributed by atoms with Crippen molar-refractivity contribution in [1.29, 1.82) is 0 Å². The molecule has 11 heteroatoms. The van der Waals surface area contributed by atoms with Gasteiger partial charge >= 0.3 is 6.09 Å². The first kappa shape index (κ1) is 28.9. The molecule has 2 aliphatic rings. The van der Waals surface area contributed by atoms with Crippen molar-refractivity contribution >= 4 is 6.09 Å².